The van der Waals surface area contributed by atoms with Crippen molar-refractivity contribution in [2.75, 3.05) is 0 Å². The van der Waals surface area contributed by atoms with Gasteiger partial charge in [-0.15, -0.1) is 5.10 Å². The number of hydrogen-bond donors (Lipinski definition) is 0. The average Bonchev–Trinajstić information content (AvgIpc) is 3.14. The molecule has 2 aromatic heterocycles. The van der Waals surface area contributed by atoms with Gasteiger partial charge in [0.15, 0.2) is 18.3 Å². The smallest absolute Gasteiger partial charge is 0.306 e. The minimum absolute atomic E-state index is 0.0839. The highest BCUT2D eigenvalue weighted by Crippen LogP contribution is 2.18. The molecule has 0 bridgehead atoms. The van der Waals surface area contributed by atoms with E-state index in [1.807, 2.05) is 27.7 Å². The van der Waals surface area contributed by atoms with Crippen molar-refractivity contribution in [2.24, 2.45) is 0 Å². The normalized spacial score (nSPS) is 11.7. The molecule has 0 spiro atoms. The van der Waals surface area contributed by atoms with E-state index >= 15 is 0 Å². The highest BCUT2D eigenvalue weighted by atomic mass is 16.5. The summed E-state index contributed by atoms with van der Waals surface area (Å²) in [5.74, 6) is 1.47. The lowest BCUT2D eigenvalue weighted by Gasteiger charge is -2.10. The molecule has 0 aliphatic heterocycles. The monoisotopic (exact) mass is 336 g/mol. The number of carbonyl (C=O) groups excluding carboxylic acids is 1. The van der Waals surface area contributed by atoms with Crippen molar-refractivity contribution in [3.63, 3.8) is 0 Å². The summed E-state index contributed by atoms with van der Waals surface area (Å²) in [7, 11) is 0. The van der Waals surface area contributed by atoms with Crippen LogP contribution in [0.25, 0.3) is 0 Å². The van der Waals surface area contributed by atoms with Crippen LogP contribution in [0, 0.1) is 0 Å². The maximum atomic E-state index is 11.8. The van der Waals surface area contributed by atoms with Crippen molar-refractivity contribution in [1.29, 1.82) is 0 Å². The topological polar surface area (TPSA) is 109 Å². The fourth-order valence-corrected chi connectivity index (χ4v) is 1.97. The Balaban J connectivity index is 1.71. The van der Waals surface area contributed by atoms with Gasteiger partial charge in [0.2, 0.25) is 5.89 Å². The van der Waals surface area contributed by atoms with Crippen molar-refractivity contribution in [3.05, 3.63) is 17.5 Å². The van der Waals surface area contributed by atoms with Crippen LogP contribution in [0.2, 0.25) is 0 Å². The van der Waals surface area contributed by atoms with Gasteiger partial charge in [0, 0.05) is 24.8 Å². The molecule has 2 heterocycles. The van der Waals surface area contributed by atoms with Crippen molar-refractivity contribution in [1.82, 2.24) is 30.3 Å². The molecule has 9 heteroatoms. The van der Waals surface area contributed by atoms with Crippen molar-refractivity contribution < 1.29 is 14.1 Å². The number of carbonyl (C=O) groups is 1. The van der Waals surface area contributed by atoms with Crippen LogP contribution in [0.4, 0.5) is 0 Å². The summed E-state index contributed by atoms with van der Waals surface area (Å²) in [5.41, 5.74) is -0.150. The lowest BCUT2D eigenvalue weighted by molar-refractivity contribution is -0.145. The van der Waals surface area contributed by atoms with Crippen LogP contribution in [-0.4, -0.2) is 36.3 Å². The van der Waals surface area contributed by atoms with E-state index in [1.54, 1.807) is 4.68 Å². The first-order chi connectivity index (χ1) is 11.4. The Bertz CT molecular complexity index is 658. The van der Waals surface area contributed by atoms with Crippen LogP contribution in [0.5, 0.6) is 0 Å². The molecule has 132 valence electrons. The Morgan fingerprint density at radius 1 is 1.33 bits per heavy atom. The molecule has 0 atom stereocenters. The van der Waals surface area contributed by atoms with Crippen molar-refractivity contribution >= 4 is 5.97 Å². The van der Waals surface area contributed by atoms with Crippen LogP contribution in [0.15, 0.2) is 4.52 Å². The second-order valence-electron chi connectivity index (χ2n) is 6.59. The lowest BCUT2D eigenvalue weighted by atomic mass is 9.96. The van der Waals surface area contributed by atoms with Gasteiger partial charge in [-0.3, -0.25) is 4.79 Å². The number of aryl methyl sites for hydroxylation is 2. The summed E-state index contributed by atoms with van der Waals surface area (Å²) >= 11 is 0. The zero-order valence-electron chi connectivity index (χ0n) is 14.7. The van der Waals surface area contributed by atoms with E-state index in [1.165, 1.54) is 0 Å². The van der Waals surface area contributed by atoms with E-state index in [0.29, 0.717) is 36.9 Å². The van der Waals surface area contributed by atoms with Gasteiger partial charge in [-0.2, -0.15) is 4.98 Å². The second kappa shape index (κ2) is 7.98. The molecule has 0 aliphatic rings. The van der Waals surface area contributed by atoms with Crippen molar-refractivity contribution in [2.45, 2.75) is 71.9 Å². The lowest BCUT2D eigenvalue weighted by Crippen LogP contribution is -2.13. The Morgan fingerprint density at radius 3 is 2.79 bits per heavy atom. The fraction of sp³-hybridized carbons (Fsp3) is 0.733. The molecule has 0 N–H and O–H groups in total. The molecular weight excluding hydrogens is 312 g/mol. The molecule has 24 heavy (non-hydrogen) atoms. The number of hydrogen-bond acceptors (Lipinski definition) is 8. The molecule has 9 nitrogen and oxygen atoms in total. The standard InChI is InChI=1S/C15H24N6O3/c1-5-9-21-11(17-19-20-21)10-23-13(22)8-6-7-12-16-14(18-24-12)15(2,3)4/h5-10H2,1-4H3. The molecule has 0 fully saturated rings. The predicted molar refractivity (Wildman–Crippen MR) is 83.8 cm³/mol. The third kappa shape index (κ3) is 5.10. The van der Waals surface area contributed by atoms with E-state index < -0.39 is 0 Å². The van der Waals surface area contributed by atoms with Gasteiger partial charge in [0.05, 0.1) is 0 Å². The van der Waals surface area contributed by atoms with E-state index in [-0.39, 0.29) is 24.4 Å². The molecule has 0 aromatic carbocycles. The summed E-state index contributed by atoms with van der Waals surface area (Å²) in [6.07, 6.45) is 2.32. The minimum Gasteiger partial charge on any atom is -0.457 e. The van der Waals surface area contributed by atoms with Crippen LogP contribution >= 0.6 is 0 Å². The van der Waals surface area contributed by atoms with Crippen LogP contribution in [0.3, 0.4) is 0 Å². The number of rotatable bonds is 8. The SMILES string of the molecule is CCCn1nnnc1COC(=O)CCCc1nc(C(C)(C)C)no1. The third-order valence-corrected chi connectivity index (χ3v) is 3.31. The summed E-state index contributed by atoms with van der Waals surface area (Å²) in [6, 6.07) is 0. The highest BCUT2D eigenvalue weighted by molar-refractivity contribution is 5.69. The first-order valence-electron chi connectivity index (χ1n) is 8.14. The zero-order valence-corrected chi connectivity index (χ0v) is 14.7. The molecular formula is C15H24N6O3. The van der Waals surface area contributed by atoms with Crippen LogP contribution < -0.4 is 0 Å². The van der Waals surface area contributed by atoms with E-state index in [0.717, 1.165) is 6.42 Å². The number of ether oxygens (including phenoxy) is 1. The van der Waals surface area contributed by atoms with Crippen molar-refractivity contribution in [3.8, 4) is 0 Å². The molecule has 0 radical (unpaired) electrons. The highest BCUT2D eigenvalue weighted by Gasteiger charge is 2.20. The molecule has 2 aromatic rings. The quantitative estimate of drug-likeness (QED) is 0.672. The Kier molecular flexibility index (Phi) is 5.99. The number of nitrogens with zero attached hydrogens (tertiary/aromatic N) is 6. The van der Waals surface area contributed by atoms with Gasteiger partial charge in [0.25, 0.3) is 0 Å². The van der Waals surface area contributed by atoms with E-state index in [9.17, 15) is 4.79 Å². The van der Waals surface area contributed by atoms with Gasteiger partial charge >= 0.3 is 5.97 Å². The first-order valence-corrected chi connectivity index (χ1v) is 8.14. The van der Waals surface area contributed by atoms with Gasteiger partial charge in [-0.1, -0.05) is 32.9 Å². The molecule has 2 rings (SSSR count). The zero-order chi connectivity index (χ0) is 17.6. The molecule has 0 aliphatic carbocycles. The molecule has 0 saturated heterocycles. The first kappa shape index (κ1) is 18.0. The number of tetrazole rings is 1. The van der Waals surface area contributed by atoms with Gasteiger partial charge in [-0.05, 0) is 23.3 Å². The Labute approximate surface area is 140 Å². The minimum atomic E-state index is -0.295. The Hall–Kier alpha value is -2.32. The maximum absolute atomic E-state index is 11.8. The predicted octanol–water partition coefficient (Wildman–Crippen LogP) is 1.83. The summed E-state index contributed by atoms with van der Waals surface area (Å²) in [5, 5.41) is 15.2. The molecule has 0 saturated carbocycles. The van der Waals surface area contributed by atoms with Crippen LogP contribution in [-0.2, 0) is 34.5 Å². The summed E-state index contributed by atoms with van der Waals surface area (Å²) < 4.78 is 12.0. The molecule has 0 amide bonds. The summed E-state index contributed by atoms with van der Waals surface area (Å²) in [6.45, 7) is 8.87. The van der Waals surface area contributed by atoms with Gasteiger partial charge in [-0.25, -0.2) is 4.68 Å². The fourth-order valence-electron chi connectivity index (χ4n) is 1.97. The summed E-state index contributed by atoms with van der Waals surface area (Å²) in [4.78, 5) is 16.1. The van der Waals surface area contributed by atoms with Gasteiger partial charge in [0.1, 0.15) is 0 Å². The Morgan fingerprint density at radius 2 is 2.12 bits per heavy atom. The largest absolute Gasteiger partial charge is 0.457 e. The number of esters is 1. The van der Waals surface area contributed by atoms with Gasteiger partial charge < -0.3 is 9.26 Å². The second-order valence-corrected chi connectivity index (χ2v) is 6.59. The molecule has 0 unspecified atom stereocenters. The van der Waals surface area contributed by atoms with Crippen LogP contribution in [0.1, 0.15) is 64.5 Å². The maximum Gasteiger partial charge on any atom is 0.306 e. The van der Waals surface area contributed by atoms with E-state index in [2.05, 4.69) is 25.7 Å². The third-order valence-electron chi connectivity index (χ3n) is 3.31. The van der Waals surface area contributed by atoms with E-state index in [4.69, 9.17) is 9.26 Å². The number of aromatic nitrogens is 6. The average molecular weight is 336 g/mol.